The van der Waals surface area contributed by atoms with Gasteiger partial charge in [-0.15, -0.1) is 0 Å². The van der Waals surface area contributed by atoms with Crippen molar-refractivity contribution >= 4 is 5.69 Å². The second kappa shape index (κ2) is 7.08. The molecule has 0 aromatic heterocycles. The summed E-state index contributed by atoms with van der Waals surface area (Å²) in [5.41, 5.74) is 9.82. The smallest absolute Gasteiger partial charge is 0.138 e. The lowest BCUT2D eigenvalue weighted by Crippen LogP contribution is -2.12. The molecule has 0 unspecified atom stereocenters. The van der Waals surface area contributed by atoms with Crippen LogP contribution in [0.25, 0.3) is 11.1 Å². The van der Waals surface area contributed by atoms with Gasteiger partial charge in [-0.25, -0.2) is 0 Å². The SMILES string of the molecule is CC1CCC(CCc2ccc(-c3ccc(O)c(N)c3)cc2)CC1. The van der Waals surface area contributed by atoms with Crippen LogP contribution in [0.1, 0.15) is 44.6 Å². The predicted octanol–water partition coefficient (Wildman–Crippen LogP) is 5.40. The highest BCUT2D eigenvalue weighted by Gasteiger charge is 2.17. The highest BCUT2D eigenvalue weighted by Crippen LogP contribution is 2.32. The number of benzene rings is 2. The second-order valence-electron chi connectivity index (χ2n) is 7.14. The first kappa shape index (κ1) is 15.9. The molecule has 23 heavy (non-hydrogen) atoms. The van der Waals surface area contributed by atoms with E-state index in [0.29, 0.717) is 5.69 Å². The molecule has 0 atom stereocenters. The zero-order chi connectivity index (χ0) is 16.2. The van der Waals surface area contributed by atoms with E-state index in [1.807, 2.05) is 12.1 Å². The molecule has 0 aliphatic heterocycles. The summed E-state index contributed by atoms with van der Waals surface area (Å²) in [5.74, 6) is 2.00. The maximum absolute atomic E-state index is 9.52. The number of phenolic OH excluding ortho intramolecular Hbond substituents is 1. The number of phenols is 1. The van der Waals surface area contributed by atoms with Crippen molar-refractivity contribution in [3.8, 4) is 16.9 Å². The van der Waals surface area contributed by atoms with Gasteiger partial charge >= 0.3 is 0 Å². The van der Waals surface area contributed by atoms with Crippen LogP contribution in [-0.4, -0.2) is 5.11 Å². The Hall–Kier alpha value is -1.96. The molecule has 0 amide bonds. The van der Waals surface area contributed by atoms with Gasteiger partial charge in [-0.1, -0.05) is 62.9 Å². The molecule has 0 saturated heterocycles. The highest BCUT2D eigenvalue weighted by molar-refractivity contribution is 5.70. The summed E-state index contributed by atoms with van der Waals surface area (Å²) in [5, 5.41) is 9.52. The zero-order valence-electron chi connectivity index (χ0n) is 14.0. The first-order valence-electron chi connectivity index (χ1n) is 8.79. The van der Waals surface area contributed by atoms with Gasteiger partial charge in [0.1, 0.15) is 5.75 Å². The largest absolute Gasteiger partial charge is 0.506 e. The average molecular weight is 309 g/mol. The molecule has 1 fully saturated rings. The van der Waals surface area contributed by atoms with E-state index in [1.165, 1.54) is 44.1 Å². The maximum atomic E-state index is 9.52. The summed E-state index contributed by atoms with van der Waals surface area (Å²) >= 11 is 0. The molecule has 1 aliphatic carbocycles. The van der Waals surface area contributed by atoms with Gasteiger partial charge < -0.3 is 10.8 Å². The van der Waals surface area contributed by atoms with Gasteiger partial charge in [-0.3, -0.25) is 0 Å². The second-order valence-corrected chi connectivity index (χ2v) is 7.14. The predicted molar refractivity (Wildman–Crippen MR) is 97.4 cm³/mol. The minimum atomic E-state index is 0.146. The van der Waals surface area contributed by atoms with Crippen LogP contribution in [0.5, 0.6) is 5.75 Å². The van der Waals surface area contributed by atoms with Gasteiger partial charge in [-0.05, 0) is 53.5 Å². The van der Waals surface area contributed by atoms with Gasteiger partial charge in [0.25, 0.3) is 0 Å². The number of nitrogen functional groups attached to an aromatic ring is 1. The number of nitrogens with two attached hydrogens (primary N) is 1. The molecule has 0 heterocycles. The van der Waals surface area contributed by atoms with Crippen molar-refractivity contribution in [2.45, 2.75) is 45.4 Å². The summed E-state index contributed by atoms with van der Waals surface area (Å²) in [7, 11) is 0. The first-order valence-corrected chi connectivity index (χ1v) is 8.79. The van der Waals surface area contributed by atoms with Crippen molar-refractivity contribution in [1.29, 1.82) is 0 Å². The van der Waals surface area contributed by atoms with Gasteiger partial charge in [0.15, 0.2) is 0 Å². The number of hydrogen-bond acceptors (Lipinski definition) is 2. The molecule has 3 N–H and O–H groups in total. The zero-order valence-corrected chi connectivity index (χ0v) is 14.0. The van der Waals surface area contributed by atoms with E-state index in [2.05, 4.69) is 31.2 Å². The van der Waals surface area contributed by atoms with Crippen LogP contribution < -0.4 is 5.73 Å². The van der Waals surface area contributed by atoms with Crippen molar-refractivity contribution in [3.05, 3.63) is 48.0 Å². The third-order valence-corrected chi connectivity index (χ3v) is 5.29. The first-order chi connectivity index (χ1) is 11.1. The molecule has 1 saturated carbocycles. The molecular weight excluding hydrogens is 282 g/mol. The Kier molecular flexibility index (Phi) is 4.90. The van der Waals surface area contributed by atoms with Crippen molar-refractivity contribution in [2.24, 2.45) is 11.8 Å². The Morgan fingerprint density at radius 3 is 2.26 bits per heavy atom. The number of hydrogen-bond donors (Lipinski definition) is 2. The van der Waals surface area contributed by atoms with Crippen LogP contribution in [0.2, 0.25) is 0 Å². The normalized spacial score (nSPS) is 21.3. The van der Waals surface area contributed by atoms with Gasteiger partial charge in [0, 0.05) is 0 Å². The topological polar surface area (TPSA) is 46.2 Å². The fourth-order valence-corrected chi connectivity index (χ4v) is 3.59. The fraction of sp³-hybridized carbons (Fsp3) is 0.429. The van der Waals surface area contributed by atoms with Crippen LogP contribution in [0.15, 0.2) is 42.5 Å². The van der Waals surface area contributed by atoms with E-state index in [0.717, 1.165) is 23.0 Å². The summed E-state index contributed by atoms with van der Waals surface area (Å²) in [4.78, 5) is 0. The third kappa shape index (κ3) is 4.07. The molecule has 122 valence electrons. The Morgan fingerprint density at radius 1 is 0.957 bits per heavy atom. The van der Waals surface area contributed by atoms with Gasteiger partial charge in [0.2, 0.25) is 0 Å². The Morgan fingerprint density at radius 2 is 1.61 bits per heavy atom. The third-order valence-electron chi connectivity index (χ3n) is 5.29. The highest BCUT2D eigenvalue weighted by atomic mass is 16.3. The average Bonchev–Trinajstić information content (AvgIpc) is 2.57. The minimum absolute atomic E-state index is 0.146. The molecule has 2 nitrogen and oxygen atoms in total. The lowest BCUT2D eigenvalue weighted by atomic mass is 9.80. The van der Waals surface area contributed by atoms with E-state index in [9.17, 15) is 5.11 Å². The molecule has 0 radical (unpaired) electrons. The monoisotopic (exact) mass is 309 g/mol. The van der Waals surface area contributed by atoms with Crippen LogP contribution in [-0.2, 0) is 6.42 Å². The lowest BCUT2D eigenvalue weighted by molar-refractivity contribution is 0.278. The number of aromatic hydroxyl groups is 1. The number of rotatable bonds is 4. The molecule has 0 spiro atoms. The molecule has 2 aromatic carbocycles. The Bertz CT molecular complexity index is 639. The summed E-state index contributed by atoms with van der Waals surface area (Å²) < 4.78 is 0. The van der Waals surface area contributed by atoms with Crippen molar-refractivity contribution < 1.29 is 5.11 Å². The Labute approximate surface area is 139 Å². The minimum Gasteiger partial charge on any atom is -0.506 e. The Balaban J connectivity index is 1.59. The number of aryl methyl sites for hydroxylation is 1. The van der Waals surface area contributed by atoms with E-state index < -0.39 is 0 Å². The standard InChI is InChI=1S/C21H27NO/c1-15-2-4-16(5-3-15)6-7-17-8-10-18(11-9-17)19-12-13-21(23)20(22)14-19/h8-16,23H,2-7,22H2,1H3. The van der Waals surface area contributed by atoms with Crippen LogP contribution in [0, 0.1) is 11.8 Å². The molecule has 2 aromatic rings. The van der Waals surface area contributed by atoms with Gasteiger partial charge in [-0.2, -0.15) is 0 Å². The molecule has 2 heteroatoms. The van der Waals surface area contributed by atoms with Crippen LogP contribution >= 0.6 is 0 Å². The van der Waals surface area contributed by atoms with Gasteiger partial charge in [0.05, 0.1) is 5.69 Å². The van der Waals surface area contributed by atoms with E-state index in [4.69, 9.17) is 5.73 Å². The van der Waals surface area contributed by atoms with Crippen molar-refractivity contribution in [1.82, 2.24) is 0 Å². The lowest BCUT2D eigenvalue weighted by Gasteiger charge is -2.26. The van der Waals surface area contributed by atoms with E-state index in [-0.39, 0.29) is 5.75 Å². The fourth-order valence-electron chi connectivity index (χ4n) is 3.59. The molecule has 3 rings (SSSR count). The van der Waals surface area contributed by atoms with Crippen molar-refractivity contribution in [2.75, 3.05) is 5.73 Å². The van der Waals surface area contributed by atoms with Crippen LogP contribution in [0.4, 0.5) is 5.69 Å². The number of anilines is 1. The maximum Gasteiger partial charge on any atom is 0.138 e. The summed E-state index contributed by atoms with van der Waals surface area (Å²) in [6.07, 6.45) is 8.13. The molecule has 1 aliphatic rings. The quantitative estimate of drug-likeness (QED) is 0.586. The van der Waals surface area contributed by atoms with Crippen molar-refractivity contribution in [3.63, 3.8) is 0 Å². The van der Waals surface area contributed by atoms with Crippen LogP contribution in [0.3, 0.4) is 0 Å². The van der Waals surface area contributed by atoms with E-state index >= 15 is 0 Å². The summed E-state index contributed by atoms with van der Waals surface area (Å²) in [6.45, 7) is 2.38. The summed E-state index contributed by atoms with van der Waals surface area (Å²) in [6, 6.07) is 14.2. The molecule has 0 bridgehead atoms. The molecular formula is C21H27NO. The van der Waals surface area contributed by atoms with E-state index in [1.54, 1.807) is 6.07 Å².